The van der Waals surface area contributed by atoms with Gasteiger partial charge in [-0.1, -0.05) is 20.8 Å². The SMILES string of the molecule is CCOC1CC(N2C(=O)C(C)NC2CC)C1(C)C. The fourth-order valence-electron chi connectivity index (χ4n) is 3.32. The molecule has 18 heavy (non-hydrogen) atoms. The Hall–Kier alpha value is -0.610. The van der Waals surface area contributed by atoms with Crippen molar-refractivity contribution >= 4 is 5.91 Å². The van der Waals surface area contributed by atoms with Crippen LogP contribution < -0.4 is 5.32 Å². The Labute approximate surface area is 110 Å². The third-order valence-corrected chi connectivity index (χ3v) is 4.62. The summed E-state index contributed by atoms with van der Waals surface area (Å²) in [6.07, 6.45) is 2.41. The second kappa shape index (κ2) is 4.82. The van der Waals surface area contributed by atoms with Gasteiger partial charge < -0.3 is 9.64 Å². The van der Waals surface area contributed by atoms with Gasteiger partial charge in [-0.3, -0.25) is 10.1 Å². The quantitative estimate of drug-likeness (QED) is 0.831. The molecule has 0 aromatic carbocycles. The fraction of sp³-hybridized carbons (Fsp3) is 0.929. The number of ether oxygens (including phenoxy) is 1. The minimum Gasteiger partial charge on any atom is -0.378 e. The molecule has 104 valence electrons. The molecule has 1 aliphatic carbocycles. The zero-order valence-corrected chi connectivity index (χ0v) is 12.2. The van der Waals surface area contributed by atoms with Gasteiger partial charge in [0.2, 0.25) is 5.91 Å². The standard InChI is InChI=1S/C14H26N2O2/c1-6-12-15-9(3)13(17)16(12)10-8-11(18-7-2)14(10,4)5/h9-12,15H,6-8H2,1-5H3. The first-order valence-corrected chi connectivity index (χ1v) is 7.13. The van der Waals surface area contributed by atoms with Crippen LogP contribution in [0.4, 0.5) is 0 Å². The van der Waals surface area contributed by atoms with Gasteiger partial charge in [-0.2, -0.15) is 0 Å². The van der Waals surface area contributed by atoms with Crippen molar-refractivity contribution in [3.8, 4) is 0 Å². The lowest BCUT2D eigenvalue weighted by atomic mass is 9.63. The third-order valence-electron chi connectivity index (χ3n) is 4.62. The number of nitrogens with one attached hydrogen (secondary N) is 1. The van der Waals surface area contributed by atoms with Crippen molar-refractivity contribution in [3.05, 3.63) is 0 Å². The van der Waals surface area contributed by atoms with Crippen molar-refractivity contribution < 1.29 is 9.53 Å². The molecule has 1 saturated heterocycles. The summed E-state index contributed by atoms with van der Waals surface area (Å²) in [6, 6.07) is 0.265. The molecule has 2 aliphatic rings. The average molecular weight is 254 g/mol. The molecular weight excluding hydrogens is 228 g/mol. The molecule has 1 aliphatic heterocycles. The lowest BCUT2D eigenvalue weighted by molar-refractivity contribution is -0.168. The zero-order valence-electron chi connectivity index (χ0n) is 12.2. The van der Waals surface area contributed by atoms with E-state index in [9.17, 15) is 4.79 Å². The topological polar surface area (TPSA) is 41.6 Å². The summed E-state index contributed by atoms with van der Waals surface area (Å²) in [5.74, 6) is 0.245. The number of carbonyl (C=O) groups excluding carboxylic acids is 1. The van der Waals surface area contributed by atoms with Gasteiger partial charge in [0.1, 0.15) is 0 Å². The summed E-state index contributed by atoms with van der Waals surface area (Å²) < 4.78 is 5.76. The molecule has 4 unspecified atom stereocenters. The largest absolute Gasteiger partial charge is 0.378 e. The normalized spacial score (nSPS) is 38.9. The van der Waals surface area contributed by atoms with Crippen LogP contribution in [0.5, 0.6) is 0 Å². The Kier molecular flexibility index (Phi) is 3.70. The molecule has 4 nitrogen and oxygen atoms in total. The average Bonchev–Trinajstić information content (AvgIpc) is 2.61. The van der Waals surface area contributed by atoms with Crippen LogP contribution in [0.25, 0.3) is 0 Å². The number of hydrogen-bond donors (Lipinski definition) is 1. The summed E-state index contributed by atoms with van der Waals surface area (Å²) in [7, 11) is 0. The van der Waals surface area contributed by atoms with Gasteiger partial charge in [-0.15, -0.1) is 0 Å². The zero-order chi connectivity index (χ0) is 13.5. The Morgan fingerprint density at radius 1 is 1.44 bits per heavy atom. The number of hydrogen-bond acceptors (Lipinski definition) is 3. The highest BCUT2D eigenvalue weighted by Gasteiger charge is 2.55. The van der Waals surface area contributed by atoms with E-state index in [-0.39, 0.29) is 29.6 Å². The summed E-state index contributed by atoms with van der Waals surface area (Å²) in [5, 5.41) is 3.37. The van der Waals surface area contributed by atoms with Crippen molar-refractivity contribution in [2.45, 2.75) is 71.8 Å². The van der Waals surface area contributed by atoms with Gasteiger partial charge in [0, 0.05) is 18.1 Å². The fourth-order valence-corrected chi connectivity index (χ4v) is 3.32. The molecule has 1 N–H and O–H groups in total. The maximum Gasteiger partial charge on any atom is 0.240 e. The number of nitrogens with zero attached hydrogens (tertiary/aromatic N) is 1. The van der Waals surface area contributed by atoms with Crippen LogP contribution in [0, 0.1) is 5.41 Å². The summed E-state index contributed by atoms with van der Waals surface area (Å²) >= 11 is 0. The van der Waals surface area contributed by atoms with Crippen LogP contribution in [0.3, 0.4) is 0 Å². The Balaban J connectivity index is 2.11. The van der Waals surface area contributed by atoms with Crippen molar-refractivity contribution in [1.82, 2.24) is 10.2 Å². The van der Waals surface area contributed by atoms with Crippen LogP contribution in [0.2, 0.25) is 0 Å². The van der Waals surface area contributed by atoms with Crippen LogP contribution in [-0.4, -0.2) is 41.8 Å². The van der Waals surface area contributed by atoms with Crippen molar-refractivity contribution in [2.24, 2.45) is 5.41 Å². The highest BCUT2D eigenvalue weighted by atomic mass is 16.5. The van der Waals surface area contributed by atoms with Crippen molar-refractivity contribution in [2.75, 3.05) is 6.61 Å². The van der Waals surface area contributed by atoms with Gasteiger partial charge >= 0.3 is 0 Å². The van der Waals surface area contributed by atoms with Crippen molar-refractivity contribution in [3.63, 3.8) is 0 Å². The van der Waals surface area contributed by atoms with E-state index in [4.69, 9.17) is 4.74 Å². The van der Waals surface area contributed by atoms with E-state index < -0.39 is 0 Å². The first-order chi connectivity index (χ1) is 8.43. The molecule has 1 heterocycles. The van der Waals surface area contributed by atoms with Crippen LogP contribution >= 0.6 is 0 Å². The number of rotatable bonds is 4. The van der Waals surface area contributed by atoms with Gasteiger partial charge in [-0.05, 0) is 26.7 Å². The second-order valence-electron chi connectivity index (χ2n) is 6.07. The first kappa shape index (κ1) is 13.8. The Morgan fingerprint density at radius 3 is 2.61 bits per heavy atom. The predicted octanol–water partition coefficient (Wildman–Crippen LogP) is 1.75. The number of carbonyl (C=O) groups is 1. The van der Waals surface area contributed by atoms with Crippen LogP contribution in [0.15, 0.2) is 0 Å². The highest BCUT2D eigenvalue weighted by molar-refractivity contribution is 5.84. The molecule has 0 spiro atoms. The van der Waals surface area contributed by atoms with Gasteiger partial charge in [-0.25, -0.2) is 0 Å². The van der Waals surface area contributed by atoms with E-state index in [0.717, 1.165) is 19.4 Å². The lowest BCUT2D eigenvalue weighted by Gasteiger charge is -2.55. The molecule has 4 heteroatoms. The molecule has 0 aromatic rings. The van der Waals surface area contributed by atoms with Gasteiger partial charge in [0.05, 0.1) is 18.3 Å². The predicted molar refractivity (Wildman–Crippen MR) is 71.1 cm³/mol. The maximum atomic E-state index is 12.3. The molecular formula is C14H26N2O2. The molecule has 1 amide bonds. The minimum atomic E-state index is -0.0445. The van der Waals surface area contributed by atoms with E-state index >= 15 is 0 Å². The first-order valence-electron chi connectivity index (χ1n) is 7.13. The van der Waals surface area contributed by atoms with E-state index in [2.05, 4.69) is 31.0 Å². The molecule has 2 rings (SSSR count). The molecule has 4 atom stereocenters. The van der Waals surface area contributed by atoms with Crippen LogP contribution in [0.1, 0.15) is 47.5 Å². The molecule has 0 radical (unpaired) electrons. The smallest absolute Gasteiger partial charge is 0.240 e. The Bertz CT molecular complexity index is 330. The van der Waals surface area contributed by atoms with Gasteiger partial charge in [0.15, 0.2) is 0 Å². The maximum absolute atomic E-state index is 12.3. The van der Waals surface area contributed by atoms with Gasteiger partial charge in [0.25, 0.3) is 0 Å². The van der Waals surface area contributed by atoms with E-state index in [1.807, 2.05) is 13.8 Å². The van der Waals surface area contributed by atoms with E-state index in [0.29, 0.717) is 6.04 Å². The molecule has 1 saturated carbocycles. The number of amides is 1. The monoisotopic (exact) mass is 254 g/mol. The summed E-state index contributed by atoms with van der Waals surface area (Å²) in [5.41, 5.74) is 0.0603. The lowest BCUT2D eigenvalue weighted by Crippen LogP contribution is -2.64. The molecule has 0 bridgehead atoms. The van der Waals surface area contributed by atoms with Crippen molar-refractivity contribution in [1.29, 1.82) is 0 Å². The minimum absolute atomic E-state index is 0.0445. The van der Waals surface area contributed by atoms with Crippen LogP contribution in [-0.2, 0) is 9.53 Å². The highest BCUT2D eigenvalue weighted by Crippen LogP contribution is 2.47. The van der Waals surface area contributed by atoms with E-state index in [1.165, 1.54) is 0 Å². The van der Waals surface area contributed by atoms with E-state index in [1.54, 1.807) is 0 Å². The molecule has 2 fully saturated rings. The second-order valence-corrected chi connectivity index (χ2v) is 6.07. The molecule has 0 aromatic heterocycles. The third kappa shape index (κ3) is 1.95. The Morgan fingerprint density at radius 2 is 2.11 bits per heavy atom. The summed E-state index contributed by atoms with van der Waals surface area (Å²) in [6.45, 7) is 11.3. The summed E-state index contributed by atoms with van der Waals surface area (Å²) in [4.78, 5) is 14.4.